The van der Waals surface area contributed by atoms with E-state index in [-0.39, 0.29) is 22.6 Å². The number of hydrogen-bond donors (Lipinski definition) is 3. The van der Waals surface area contributed by atoms with Crippen LogP contribution in [0.25, 0.3) is 21.9 Å². The first kappa shape index (κ1) is 56.9. The maximum Gasteiger partial charge on any atom is 0.283 e. The van der Waals surface area contributed by atoms with E-state index in [1.165, 1.54) is 12.3 Å². The number of hydrogen-bond acceptors (Lipinski definition) is 18. The summed E-state index contributed by atoms with van der Waals surface area (Å²) in [6, 6.07) is 29.9. The second-order valence-electron chi connectivity index (χ2n) is 19.1. The molecule has 420 valence electrons. The monoisotopic (exact) mass is 1450 g/mol. The van der Waals surface area contributed by atoms with Gasteiger partial charge in [-0.2, -0.15) is 0 Å². The predicted octanol–water partition coefficient (Wildman–Crippen LogP) is 14.2. The van der Waals surface area contributed by atoms with Crippen molar-refractivity contribution in [1.82, 2.24) is 19.9 Å². The molecule has 83 heavy (non-hydrogen) atoms. The van der Waals surface area contributed by atoms with E-state index in [0.717, 1.165) is 62.8 Å². The molecule has 0 radical (unpaired) electrons. The zero-order valence-electron chi connectivity index (χ0n) is 42.4. The topological polar surface area (TPSA) is 252 Å². The Kier molecular flexibility index (Phi) is 15.6. The molecule has 6 aliphatic rings. The Labute approximate surface area is 524 Å². The molecule has 3 spiro atoms. The lowest BCUT2D eigenvalue weighted by Gasteiger charge is -2.39. The molecule has 0 saturated heterocycles. The number of aliphatic imine (C=N–C) groups is 3. The summed E-state index contributed by atoms with van der Waals surface area (Å²) in [5, 5.41) is 2.39. The molecule has 1 unspecified atom stereocenters. The zero-order chi connectivity index (χ0) is 58.0. The van der Waals surface area contributed by atoms with Gasteiger partial charge in [-0.3, -0.25) is 9.79 Å². The van der Waals surface area contributed by atoms with Crippen LogP contribution >= 0.6 is 110 Å². The summed E-state index contributed by atoms with van der Waals surface area (Å²) >= 11 is 37.9. The summed E-state index contributed by atoms with van der Waals surface area (Å²) in [5.74, 6) is 4.51. The highest BCUT2D eigenvalue weighted by Gasteiger charge is 2.48. The van der Waals surface area contributed by atoms with E-state index < -0.39 is 16.6 Å². The SMILES string of the molecule is NC1=NC2(COC1)c1cc(Br)ccc1Oc1cnc(Cl)cc12.NC1=N[C@@]2(CCO1)c1cc(Br)ccc1Oc1cnc(Cl)cc12.NC1=N[C@]2(CCO1)c1cc(Br)ccc1Oc1cnc(Cl)cc12.O=c1c2cc(Br)ccc2oc2cnc(Cl)cc12. The smallest absolute Gasteiger partial charge is 0.283 e. The van der Waals surface area contributed by atoms with Gasteiger partial charge in [0.15, 0.2) is 22.8 Å². The van der Waals surface area contributed by atoms with E-state index in [9.17, 15) is 4.79 Å². The predicted molar refractivity (Wildman–Crippen MR) is 330 cm³/mol. The normalized spacial score (nSPS) is 20.0. The van der Waals surface area contributed by atoms with Crippen molar-refractivity contribution in [3.8, 4) is 34.5 Å². The third-order valence-corrected chi connectivity index (χ3v) is 16.9. The number of pyridine rings is 4. The number of nitrogens with zero attached hydrogens (tertiary/aromatic N) is 7. The minimum atomic E-state index is -0.762. The van der Waals surface area contributed by atoms with Crippen LogP contribution in [0, 0.1) is 0 Å². The highest BCUT2D eigenvalue weighted by molar-refractivity contribution is 9.11. The van der Waals surface area contributed by atoms with E-state index >= 15 is 0 Å². The molecule has 4 aromatic carbocycles. The first-order chi connectivity index (χ1) is 39.9. The number of rotatable bonds is 0. The van der Waals surface area contributed by atoms with Crippen LogP contribution in [0.1, 0.15) is 46.2 Å². The Morgan fingerprint density at radius 1 is 0.446 bits per heavy atom. The van der Waals surface area contributed by atoms with E-state index in [2.05, 4.69) is 93.6 Å². The second-order valence-corrected chi connectivity index (χ2v) is 24.3. The minimum absolute atomic E-state index is 0.105. The van der Waals surface area contributed by atoms with Gasteiger partial charge >= 0.3 is 0 Å². The molecule has 11 heterocycles. The number of nitrogens with two attached hydrogens (primary N) is 3. The fourth-order valence-corrected chi connectivity index (χ4v) is 12.6. The van der Waals surface area contributed by atoms with Crippen LogP contribution in [0.3, 0.4) is 0 Å². The Balaban J connectivity index is 0.000000110. The van der Waals surface area contributed by atoms with Gasteiger partial charge in [0.25, 0.3) is 12.0 Å². The zero-order valence-corrected chi connectivity index (χ0v) is 51.8. The van der Waals surface area contributed by atoms with E-state index in [1.54, 1.807) is 48.9 Å². The number of halogens is 8. The van der Waals surface area contributed by atoms with Gasteiger partial charge < -0.3 is 50.0 Å². The number of ether oxygens (including phenoxy) is 6. The minimum Gasteiger partial charge on any atom is -0.465 e. The lowest BCUT2D eigenvalue weighted by molar-refractivity contribution is 0.109. The highest BCUT2D eigenvalue weighted by Crippen LogP contribution is 2.55. The van der Waals surface area contributed by atoms with Crippen molar-refractivity contribution in [2.45, 2.75) is 29.5 Å². The highest BCUT2D eigenvalue weighted by atomic mass is 79.9. The van der Waals surface area contributed by atoms with Crippen LogP contribution < -0.4 is 36.8 Å². The molecule has 18 nitrogen and oxygen atoms in total. The molecule has 5 aromatic heterocycles. The average Bonchev–Trinajstić information content (AvgIpc) is 2.56. The number of aromatic nitrogens is 4. The fourth-order valence-electron chi connectivity index (χ4n) is 10.5. The number of benzene rings is 4. The molecule has 0 saturated carbocycles. The van der Waals surface area contributed by atoms with E-state index in [4.69, 9.17) is 101 Å². The molecule has 15 rings (SSSR count). The van der Waals surface area contributed by atoms with Gasteiger partial charge in [0.05, 0.1) is 55.4 Å². The lowest BCUT2D eigenvalue weighted by atomic mass is 9.78. The van der Waals surface area contributed by atoms with Crippen molar-refractivity contribution in [3.05, 3.63) is 204 Å². The van der Waals surface area contributed by atoms with Gasteiger partial charge in [-0.05, 0) is 97.1 Å². The summed E-state index contributed by atoms with van der Waals surface area (Å²) in [6.07, 6.45) is 7.59. The maximum atomic E-state index is 12.2. The van der Waals surface area contributed by atoms with Gasteiger partial charge in [-0.25, -0.2) is 29.9 Å². The Morgan fingerprint density at radius 3 is 1.31 bits per heavy atom. The van der Waals surface area contributed by atoms with Gasteiger partial charge in [0, 0.05) is 64.1 Å². The van der Waals surface area contributed by atoms with E-state index in [0.29, 0.717) is 106 Å². The van der Waals surface area contributed by atoms with Crippen molar-refractivity contribution < 1.29 is 32.8 Å². The Bertz CT molecular complexity index is 3770. The molecular weight excluding hydrogens is 1410 g/mol. The van der Waals surface area contributed by atoms with Crippen molar-refractivity contribution in [1.29, 1.82) is 0 Å². The average molecular weight is 1450 g/mol. The van der Waals surface area contributed by atoms with Crippen LogP contribution in [0.2, 0.25) is 20.6 Å². The Hall–Kier alpha value is -6.60. The summed E-state index contributed by atoms with van der Waals surface area (Å²) in [6.45, 7) is 1.63. The quantitative estimate of drug-likeness (QED) is 0.0943. The molecule has 26 heteroatoms. The van der Waals surface area contributed by atoms with Crippen LogP contribution in [-0.4, -0.2) is 64.2 Å². The summed E-state index contributed by atoms with van der Waals surface area (Å²) < 4.78 is 43.4. The van der Waals surface area contributed by atoms with Crippen molar-refractivity contribution in [2.75, 3.05) is 26.4 Å². The first-order valence-corrected chi connectivity index (χ1v) is 29.6. The Morgan fingerprint density at radius 2 is 0.843 bits per heavy atom. The van der Waals surface area contributed by atoms with Crippen LogP contribution in [0.5, 0.6) is 34.5 Å². The summed E-state index contributed by atoms with van der Waals surface area (Å²) in [4.78, 5) is 42.4. The maximum absolute atomic E-state index is 12.2. The fraction of sp³-hybridized carbons (Fsp3) is 0.158. The standard InChI is InChI=1S/3C15H11BrClN3O2.C12H5BrClNO2/c16-8-1-2-11-9(3-8)15(7-21-6-14(18)20-15)10-4-13(17)19-5-12(10)22-11;2*16-8-1-2-11-9(5-8)15(3-4-21-14(18)20-15)10-6-13(17)19-7-12(10)22-11;13-6-1-2-9-7(3-6)12(16)8-4-11(14)15-5-10(8)17-9/h1-5H,6-7H2,(H2,18,20);2*1-2,5-7H,3-4H2,(H2,18,20);1-5H/t;2*15-;/m.10./s1. The van der Waals surface area contributed by atoms with Crippen molar-refractivity contribution >= 4 is 150 Å². The number of amidine groups is 3. The third kappa shape index (κ3) is 10.9. The lowest BCUT2D eigenvalue weighted by Crippen LogP contribution is -2.42. The van der Waals surface area contributed by atoms with Gasteiger partial charge in [0.1, 0.15) is 72.5 Å². The van der Waals surface area contributed by atoms with Gasteiger partial charge in [0.2, 0.25) is 5.43 Å². The third-order valence-electron chi connectivity index (χ3n) is 14.1. The van der Waals surface area contributed by atoms with Gasteiger partial charge in [-0.15, -0.1) is 0 Å². The van der Waals surface area contributed by atoms with Crippen LogP contribution in [0.4, 0.5) is 0 Å². The van der Waals surface area contributed by atoms with Gasteiger partial charge in [-0.1, -0.05) is 110 Å². The summed E-state index contributed by atoms with van der Waals surface area (Å²) in [7, 11) is 0. The van der Waals surface area contributed by atoms with Crippen molar-refractivity contribution in [3.63, 3.8) is 0 Å². The van der Waals surface area contributed by atoms with Crippen LogP contribution in [-0.2, 0) is 30.8 Å². The largest absolute Gasteiger partial charge is 0.465 e. The molecule has 3 atom stereocenters. The molecular formula is C57H38Br4Cl4N10O8. The molecule has 9 aromatic rings. The molecule has 6 N–H and O–H groups in total. The molecule has 6 aliphatic heterocycles. The molecule has 0 aliphatic carbocycles. The van der Waals surface area contributed by atoms with E-state index in [1.807, 2.05) is 60.7 Å². The molecule has 0 fully saturated rings. The van der Waals surface area contributed by atoms with Crippen molar-refractivity contribution in [2.24, 2.45) is 32.2 Å². The molecule has 0 amide bonds. The molecule has 0 bridgehead atoms. The summed E-state index contributed by atoms with van der Waals surface area (Å²) in [5.41, 5.74) is 21.7. The first-order valence-electron chi connectivity index (χ1n) is 24.9. The second kappa shape index (κ2) is 22.8. The number of fused-ring (bicyclic) bond motifs is 14. The van der Waals surface area contributed by atoms with Crippen LogP contribution in [0.15, 0.2) is 164 Å².